The normalized spacial score (nSPS) is 10.4. The van der Waals surface area contributed by atoms with Gasteiger partial charge >= 0.3 is 0 Å². The summed E-state index contributed by atoms with van der Waals surface area (Å²) < 4.78 is 13.5. The average molecular weight is 271 g/mol. The Morgan fingerprint density at radius 1 is 1.39 bits per heavy atom. The number of benzene rings is 1. The van der Waals surface area contributed by atoms with E-state index >= 15 is 0 Å². The van der Waals surface area contributed by atoms with Crippen LogP contribution in [0.3, 0.4) is 0 Å². The van der Waals surface area contributed by atoms with Gasteiger partial charge in [0.05, 0.1) is 5.56 Å². The lowest BCUT2D eigenvalue weighted by Crippen LogP contribution is -2.28. The Morgan fingerprint density at radius 3 is 2.78 bits per heavy atom. The molecule has 1 N–H and O–H groups in total. The summed E-state index contributed by atoms with van der Waals surface area (Å²) in [5.41, 5.74) is 0.0483. The smallest absolute Gasteiger partial charge is 0.256 e. The SMILES string of the molecule is CN(CCCCCO)C(=O)c1cc(S)ccc1F. The van der Waals surface area contributed by atoms with Crippen molar-refractivity contribution in [2.24, 2.45) is 0 Å². The van der Waals surface area contributed by atoms with Gasteiger partial charge in [0.2, 0.25) is 0 Å². The zero-order chi connectivity index (χ0) is 13.5. The summed E-state index contributed by atoms with van der Waals surface area (Å²) in [5.74, 6) is -0.868. The van der Waals surface area contributed by atoms with Crippen LogP contribution in [0.2, 0.25) is 0 Å². The minimum atomic E-state index is -0.528. The summed E-state index contributed by atoms with van der Waals surface area (Å²) in [5, 5.41) is 8.65. The van der Waals surface area contributed by atoms with Crippen LogP contribution in [0.4, 0.5) is 4.39 Å². The molecule has 0 saturated heterocycles. The average Bonchev–Trinajstić information content (AvgIpc) is 2.36. The molecule has 0 radical (unpaired) electrons. The number of amides is 1. The summed E-state index contributed by atoms with van der Waals surface area (Å²) in [7, 11) is 1.64. The van der Waals surface area contributed by atoms with Gasteiger partial charge in [-0.1, -0.05) is 0 Å². The zero-order valence-electron chi connectivity index (χ0n) is 10.4. The van der Waals surface area contributed by atoms with E-state index < -0.39 is 5.82 Å². The van der Waals surface area contributed by atoms with Gasteiger partial charge in [0.25, 0.3) is 5.91 Å². The number of rotatable bonds is 6. The van der Waals surface area contributed by atoms with Gasteiger partial charge in [0, 0.05) is 25.1 Å². The Hall–Kier alpha value is -1.07. The first kappa shape index (κ1) is 15.0. The Balaban J connectivity index is 2.60. The fourth-order valence-corrected chi connectivity index (χ4v) is 1.83. The van der Waals surface area contributed by atoms with E-state index in [-0.39, 0.29) is 18.1 Å². The van der Waals surface area contributed by atoms with Crippen LogP contribution in [0, 0.1) is 5.82 Å². The van der Waals surface area contributed by atoms with Gasteiger partial charge in [-0.05, 0) is 37.5 Å². The summed E-state index contributed by atoms with van der Waals surface area (Å²) in [6.07, 6.45) is 2.37. The Kier molecular flexibility index (Phi) is 6.15. The molecule has 0 aromatic heterocycles. The number of hydrogen-bond donors (Lipinski definition) is 2. The van der Waals surface area contributed by atoms with Crippen LogP contribution in [0.15, 0.2) is 23.1 Å². The van der Waals surface area contributed by atoms with Crippen molar-refractivity contribution in [3.8, 4) is 0 Å². The molecular weight excluding hydrogens is 253 g/mol. The Morgan fingerprint density at radius 2 is 2.11 bits per heavy atom. The molecule has 1 amide bonds. The van der Waals surface area contributed by atoms with Gasteiger partial charge in [-0.15, -0.1) is 12.6 Å². The van der Waals surface area contributed by atoms with E-state index in [1.165, 1.54) is 23.1 Å². The molecule has 0 spiro atoms. The number of nitrogens with zero attached hydrogens (tertiary/aromatic N) is 1. The molecule has 1 rings (SSSR count). The van der Waals surface area contributed by atoms with E-state index in [2.05, 4.69) is 12.6 Å². The van der Waals surface area contributed by atoms with Crippen molar-refractivity contribution >= 4 is 18.5 Å². The fraction of sp³-hybridized carbons (Fsp3) is 0.462. The lowest BCUT2D eigenvalue weighted by atomic mass is 10.1. The second-order valence-corrected chi connectivity index (χ2v) is 4.69. The number of hydrogen-bond acceptors (Lipinski definition) is 3. The molecule has 0 unspecified atom stereocenters. The molecule has 18 heavy (non-hydrogen) atoms. The third kappa shape index (κ3) is 4.31. The van der Waals surface area contributed by atoms with Crippen molar-refractivity contribution in [1.82, 2.24) is 4.90 Å². The van der Waals surface area contributed by atoms with Crippen molar-refractivity contribution < 1.29 is 14.3 Å². The maximum Gasteiger partial charge on any atom is 0.256 e. The highest BCUT2D eigenvalue weighted by atomic mass is 32.1. The molecule has 100 valence electrons. The maximum atomic E-state index is 13.5. The van der Waals surface area contributed by atoms with Gasteiger partial charge in [-0.2, -0.15) is 0 Å². The topological polar surface area (TPSA) is 40.5 Å². The number of halogens is 1. The summed E-state index contributed by atoms with van der Waals surface area (Å²) in [6, 6.07) is 4.19. The fourth-order valence-electron chi connectivity index (χ4n) is 1.62. The number of aliphatic hydroxyl groups excluding tert-OH is 1. The molecule has 0 fully saturated rings. The minimum Gasteiger partial charge on any atom is -0.396 e. The molecule has 0 saturated carbocycles. The largest absolute Gasteiger partial charge is 0.396 e. The number of aliphatic hydroxyl groups is 1. The number of unbranched alkanes of at least 4 members (excludes halogenated alkanes) is 2. The molecule has 0 atom stereocenters. The number of carbonyl (C=O) groups is 1. The summed E-state index contributed by atoms with van der Waals surface area (Å²) in [6.45, 7) is 0.711. The minimum absolute atomic E-state index is 0.0483. The first-order chi connectivity index (χ1) is 8.56. The van der Waals surface area contributed by atoms with Gasteiger partial charge in [-0.25, -0.2) is 4.39 Å². The van der Waals surface area contributed by atoms with Gasteiger partial charge in [-0.3, -0.25) is 4.79 Å². The van der Waals surface area contributed by atoms with Crippen LogP contribution in [-0.2, 0) is 0 Å². The summed E-state index contributed by atoms with van der Waals surface area (Å²) in [4.78, 5) is 14.0. The standard InChI is InChI=1S/C13H18FNO2S/c1-15(7-3-2-4-8-16)13(17)11-9-10(18)5-6-12(11)14/h5-6,9,16,18H,2-4,7-8H2,1H3. The molecule has 0 aliphatic heterocycles. The zero-order valence-corrected chi connectivity index (χ0v) is 11.3. The first-order valence-corrected chi connectivity index (χ1v) is 6.36. The molecule has 0 bridgehead atoms. The third-order valence-corrected chi connectivity index (χ3v) is 2.96. The van der Waals surface area contributed by atoms with Crippen molar-refractivity contribution in [3.63, 3.8) is 0 Å². The number of thiol groups is 1. The predicted octanol–water partition coefficient (Wildman–Crippen LogP) is 2.35. The highest BCUT2D eigenvalue weighted by Crippen LogP contribution is 2.15. The van der Waals surface area contributed by atoms with Crippen molar-refractivity contribution in [1.29, 1.82) is 0 Å². The second kappa shape index (κ2) is 7.38. The van der Waals surface area contributed by atoms with Crippen molar-refractivity contribution in [2.45, 2.75) is 24.2 Å². The highest BCUT2D eigenvalue weighted by molar-refractivity contribution is 7.80. The van der Waals surface area contributed by atoms with Crippen LogP contribution in [-0.4, -0.2) is 36.1 Å². The quantitative estimate of drug-likeness (QED) is 0.616. The lowest BCUT2D eigenvalue weighted by molar-refractivity contribution is 0.0787. The molecule has 0 heterocycles. The van der Waals surface area contributed by atoms with Crippen LogP contribution in [0.5, 0.6) is 0 Å². The third-order valence-electron chi connectivity index (χ3n) is 2.68. The van der Waals surface area contributed by atoms with Crippen molar-refractivity contribution in [2.75, 3.05) is 20.2 Å². The monoisotopic (exact) mass is 271 g/mol. The molecule has 0 aliphatic rings. The molecule has 0 aliphatic carbocycles. The van der Waals surface area contributed by atoms with Crippen LogP contribution < -0.4 is 0 Å². The lowest BCUT2D eigenvalue weighted by Gasteiger charge is -2.17. The molecule has 1 aromatic carbocycles. The van der Waals surface area contributed by atoms with Crippen LogP contribution in [0.1, 0.15) is 29.6 Å². The molecule has 5 heteroatoms. The predicted molar refractivity (Wildman–Crippen MR) is 71.5 cm³/mol. The van der Waals surface area contributed by atoms with E-state index in [1.807, 2.05) is 0 Å². The van der Waals surface area contributed by atoms with E-state index in [9.17, 15) is 9.18 Å². The maximum absolute atomic E-state index is 13.5. The second-order valence-electron chi connectivity index (χ2n) is 4.18. The number of carbonyl (C=O) groups excluding carboxylic acids is 1. The highest BCUT2D eigenvalue weighted by Gasteiger charge is 2.15. The van der Waals surface area contributed by atoms with Crippen LogP contribution >= 0.6 is 12.6 Å². The van der Waals surface area contributed by atoms with E-state index in [1.54, 1.807) is 7.05 Å². The van der Waals surface area contributed by atoms with E-state index in [0.29, 0.717) is 11.4 Å². The molecule has 1 aromatic rings. The molecular formula is C13H18FNO2S. The van der Waals surface area contributed by atoms with E-state index in [0.717, 1.165) is 19.3 Å². The Bertz CT molecular complexity index is 412. The Labute approximate surface area is 112 Å². The van der Waals surface area contributed by atoms with Gasteiger partial charge in [0.1, 0.15) is 5.82 Å². The van der Waals surface area contributed by atoms with E-state index in [4.69, 9.17) is 5.11 Å². The summed E-state index contributed by atoms with van der Waals surface area (Å²) >= 11 is 4.10. The molecule has 3 nitrogen and oxygen atoms in total. The van der Waals surface area contributed by atoms with Gasteiger partial charge in [0.15, 0.2) is 0 Å². The van der Waals surface area contributed by atoms with Gasteiger partial charge < -0.3 is 10.0 Å². The van der Waals surface area contributed by atoms with Crippen LogP contribution in [0.25, 0.3) is 0 Å². The van der Waals surface area contributed by atoms with Crippen molar-refractivity contribution in [3.05, 3.63) is 29.6 Å². The first-order valence-electron chi connectivity index (χ1n) is 5.91.